The molecule has 0 aliphatic carbocycles. The van der Waals surface area contributed by atoms with E-state index in [4.69, 9.17) is 5.21 Å². The van der Waals surface area contributed by atoms with E-state index in [1.165, 1.54) is 12.1 Å². The van der Waals surface area contributed by atoms with Gasteiger partial charge in [0.2, 0.25) is 0 Å². The van der Waals surface area contributed by atoms with Gasteiger partial charge >= 0.3 is 0 Å². The summed E-state index contributed by atoms with van der Waals surface area (Å²) in [5, 5.41) is 8.46. The van der Waals surface area contributed by atoms with Gasteiger partial charge in [-0.15, -0.1) is 0 Å². The second-order valence-electron chi connectivity index (χ2n) is 1.79. The lowest BCUT2D eigenvalue weighted by Gasteiger charge is -1.94. The minimum Gasteiger partial charge on any atom is -0.215 e. The number of benzene rings is 1. The molecule has 0 spiro atoms. The van der Waals surface area contributed by atoms with Crippen molar-refractivity contribution in [3.05, 3.63) is 28.5 Å². The first kappa shape index (κ1) is 7.65. The molecule has 0 aliphatic heterocycles. The van der Waals surface area contributed by atoms with Gasteiger partial charge in [0.1, 0.15) is 0 Å². The third-order valence-corrected chi connectivity index (χ3v) is 1.59. The number of hydrogen-bond donors (Lipinski definition) is 2. The largest absolute Gasteiger partial charge is 0.215 e. The Kier molecular flexibility index (Phi) is 2.37. The van der Waals surface area contributed by atoms with Gasteiger partial charge in [-0.2, -0.15) is 5.48 Å². The van der Waals surface area contributed by atoms with Crippen molar-refractivity contribution in [2.24, 2.45) is 0 Å². The SMILES string of the molecule is O[NH2+]c1cc(Br)ccc1F. The Balaban J connectivity index is 3.09. The summed E-state index contributed by atoms with van der Waals surface area (Å²) in [6.07, 6.45) is 0. The maximum atomic E-state index is 12.6. The second kappa shape index (κ2) is 3.09. The minimum atomic E-state index is -0.425. The molecule has 0 radical (unpaired) electrons. The number of halogens is 2. The van der Waals surface area contributed by atoms with Crippen LogP contribution in [-0.2, 0) is 0 Å². The average molecular weight is 207 g/mol. The van der Waals surface area contributed by atoms with E-state index in [2.05, 4.69) is 15.9 Å². The van der Waals surface area contributed by atoms with E-state index >= 15 is 0 Å². The molecule has 0 saturated heterocycles. The summed E-state index contributed by atoms with van der Waals surface area (Å²) in [6.45, 7) is 0. The van der Waals surface area contributed by atoms with E-state index < -0.39 is 5.82 Å². The van der Waals surface area contributed by atoms with Gasteiger partial charge in [-0.1, -0.05) is 15.9 Å². The Bertz CT molecular complexity index is 241. The second-order valence-corrected chi connectivity index (χ2v) is 2.71. The molecule has 0 fully saturated rings. The number of nitrogens with two attached hydrogens (primary N) is 1. The zero-order chi connectivity index (χ0) is 7.56. The Labute approximate surface area is 65.8 Å². The standard InChI is InChI=1S/C6H5BrFNO/c7-4-1-2-5(8)6(3-4)9-10/h1-3,9-10H/p+1. The first-order valence-corrected chi connectivity index (χ1v) is 3.46. The molecule has 10 heavy (non-hydrogen) atoms. The third kappa shape index (κ3) is 1.53. The lowest BCUT2D eigenvalue weighted by atomic mass is 10.3. The molecule has 4 heteroatoms. The van der Waals surface area contributed by atoms with Crippen molar-refractivity contribution in [1.82, 2.24) is 0 Å². The summed E-state index contributed by atoms with van der Waals surface area (Å²) in [7, 11) is 0. The molecule has 0 bridgehead atoms. The maximum Gasteiger partial charge on any atom is 0.198 e. The zero-order valence-electron chi connectivity index (χ0n) is 5.01. The van der Waals surface area contributed by atoms with Crippen LogP contribution >= 0.6 is 15.9 Å². The zero-order valence-corrected chi connectivity index (χ0v) is 6.60. The van der Waals surface area contributed by atoms with Crippen LogP contribution in [0, 0.1) is 5.82 Å². The quantitative estimate of drug-likeness (QED) is 0.526. The van der Waals surface area contributed by atoms with E-state index in [1.54, 1.807) is 6.07 Å². The third-order valence-electron chi connectivity index (χ3n) is 1.10. The monoisotopic (exact) mass is 206 g/mol. The lowest BCUT2D eigenvalue weighted by molar-refractivity contribution is -0.826. The Morgan fingerprint density at radius 3 is 2.70 bits per heavy atom. The van der Waals surface area contributed by atoms with Crippen LogP contribution in [0.3, 0.4) is 0 Å². The van der Waals surface area contributed by atoms with Crippen molar-refractivity contribution in [2.75, 3.05) is 0 Å². The maximum absolute atomic E-state index is 12.6. The van der Waals surface area contributed by atoms with Crippen LogP contribution in [0.5, 0.6) is 0 Å². The molecule has 0 heterocycles. The Morgan fingerprint density at radius 1 is 1.50 bits per heavy atom. The van der Waals surface area contributed by atoms with Crippen LogP contribution in [0.2, 0.25) is 0 Å². The molecule has 1 rings (SSSR count). The van der Waals surface area contributed by atoms with E-state index in [9.17, 15) is 4.39 Å². The molecule has 1 aromatic carbocycles. The van der Waals surface area contributed by atoms with Crippen molar-refractivity contribution < 1.29 is 15.1 Å². The van der Waals surface area contributed by atoms with Gasteiger partial charge in [-0.05, 0) is 12.1 Å². The van der Waals surface area contributed by atoms with Crippen LogP contribution in [-0.4, -0.2) is 5.21 Å². The first-order valence-electron chi connectivity index (χ1n) is 2.66. The van der Waals surface area contributed by atoms with Crippen LogP contribution in [0.15, 0.2) is 22.7 Å². The number of rotatable bonds is 1. The summed E-state index contributed by atoms with van der Waals surface area (Å²) in [6, 6.07) is 4.35. The van der Waals surface area contributed by atoms with Gasteiger partial charge in [0.05, 0.1) is 0 Å². The normalized spacial score (nSPS) is 9.90. The van der Waals surface area contributed by atoms with Gasteiger partial charge in [-0.3, -0.25) is 0 Å². The topological polar surface area (TPSA) is 36.8 Å². The summed E-state index contributed by atoms with van der Waals surface area (Å²) in [5.74, 6) is -0.425. The van der Waals surface area contributed by atoms with Crippen LogP contribution in [0.25, 0.3) is 0 Å². The first-order chi connectivity index (χ1) is 4.74. The highest BCUT2D eigenvalue weighted by Gasteiger charge is 2.03. The van der Waals surface area contributed by atoms with E-state index in [0.717, 1.165) is 9.95 Å². The summed E-state index contributed by atoms with van der Waals surface area (Å²) < 4.78 is 13.3. The molecule has 0 aromatic heterocycles. The van der Waals surface area contributed by atoms with Gasteiger partial charge in [0.25, 0.3) is 0 Å². The van der Waals surface area contributed by atoms with Gasteiger partial charge in [-0.25, -0.2) is 9.60 Å². The smallest absolute Gasteiger partial charge is 0.198 e. The molecule has 0 saturated carbocycles. The Morgan fingerprint density at radius 2 is 2.20 bits per heavy atom. The molecule has 0 atom stereocenters. The molecule has 0 amide bonds. The number of quaternary nitrogens is 1. The van der Waals surface area contributed by atoms with Gasteiger partial charge in [0, 0.05) is 10.5 Å². The molecule has 0 unspecified atom stereocenters. The summed E-state index contributed by atoms with van der Waals surface area (Å²) in [4.78, 5) is 0. The van der Waals surface area contributed by atoms with Crippen molar-refractivity contribution in [3.63, 3.8) is 0 Å². The van der Waals surface area contributed by atoms with Crippen molar-refractivity contribution in [3.8, 4) is 0 Å². The van der Waals surface area contributed by atoms with Crippen LogP contribution in [0.4, 0.5) is 10.1 Å². The molecular weight excluding hydrogens is 201 g/mol. The van der Waals surface area contributed by atoms with Crippen molar-refractivity contribution in [1.29, 1.82) is 0 Å². The fourth-order valence-electron chi connectivity index (χ4n) is 0.614. The van der Waals surface area contributed by atoms with E-state index in [-0.39, 0.29) is 5.69 Å². The Hall–Kier alpha value is -0.450. The molecule has 3 N–H and O–H groups in total. The highest BCUT2D eigenvalue weighted by atomic mass is 79.9. The predicted octanol–water partition coefficient (Wildman–Crippen LogP) is 1.17. The van der Waals surface area contributed by atoms with Gasteiger partial charge < -0.3 is 0 Å². The molecule has 54 valence electrons. The molecule has 1 aromatic rings. The fraction of sp³-hybridized carbons (Fsp3) is 0. The highest BCUT2D eigenvalue weighted by molar-refractivity contribution is 9.10. The minimum absolute atomic E-state index is 0.189. The lowest BCUT2D eigenvalue weighted by Crippen LogP contribution is -2.74. The molecule has 2 nitrogen and oxygen atoms in total. The molecule has 0 aliphatic rings. The van der Waals surface area contributed by atoms with Gasteiger partial charge in [0.15, 0.2) is 11.5 Å². The molecular formula is C6H6BrFNO+. The van der Waals surface area contributed by atoms with Crippen molar-refractivity contribution in [2.45, 2.75) is 0 Å². The fourth-order valence-corrected chi connectivity index (χ4v) is 0.992. The van der Waals surface area contributed by atoms with E-state index in [0.29, 0.717) is 0 Å². The summed E-state index contributed by atoms with van der Waals surface area (Å²) >= 11 is 3.14. The van der Waals surface area contributed by atoms with Crippen molar-refractivity contribution >= 4 is 21.6 Å². The highest BCUT2D eigenvalue weighted by Crippen LogP contribution is 2.15. The van der Waals surface area contributed by atoms with Crippen LogP contribution < -0.4 is 5.48 Å². The average Bonchev–Trinajstić information content (AvgIpc) is 1.94. The predicted molar refractivity (Wildman–Crippen MR) is 37.5 cm³/mol. The summed E-state index contributed by atoms with van der Waals surface area (Å²) in [5.41, 5.74) is 0.925. The van der Waals surface area contributed by atoms with E-state index in [1.807, 2.05) is 0 Å². The van der Waals surface area contributed by atoms with Crippen LogP contribution in [0.1, 0.15) is 0 Å². The number of hydrogen-bond acceptors (Lipinski definition) is 1.